The molecule has 1 heteroatoms. The smallest absolute Gasteiger partial charge is 0.0585 e. The third-order valence-corrected chi connectivity index (χ3v) is 2.87. The molecule has 1 heterocycles. The summed E-state index contributed by atoms with van der Waals surface area (Å²) in [5.41, 5.74) is 1.79. The summed E-state index contributed by atoms with van der Waals surface area (Å²) < 4.78 is 5.35. The summed E-state index contributed by atoms with van der Waals surface area (Å²) >= 11 is 0. The van der Waals surface area contributed by atoms with Crippen LogP contribution in [0.1, 0.15) is 39.2 Å². The van der Waals surface area contributed by atoms with Crippen LogP contribution in [0.3, 0.4) is 0 Å². The van der Waals surface area contributed by atoms with E-state index in [9.17, 15) is 0 Å². The van der Waals surface area contributed by atoms with Crippen LogP contribution in [-0.2, 0) is 10.2 Å². The van der Waals surface area contributed by atoms with Gasteiger partial charge in [0.15, 0.2) is 0 Å². The molecular formula is C14H22O. The molecule has 0 spiro atoms. The maximum atomic E-state index is 5.35. The summed E-state index contributed by atoms with van der Waals surface area (Å²) in [6.07, 6.45) is 2.48. The van der Waals surface area contributed by atoms with Crippen molar-refractivity contribution in [2.75, 3.05) is 13.2 Å². The van der Waals surface area contributed by atoms with E-state index in [4.69, 9.17) is 4.74 Å². The van der Waals surface area contributed by atoms with Gasteiger partial charge in [0.05, 0.1) is 13.2 Å². The van der Waals surface area contributed by atoms with Crippen LogP contribution in [0.25, 0.3) is 0 Å². The van der Waals surface area contributed by atoms with E-state index in [0.29, 0.717) is 5.41 Å². The number of hydrogen-bond acceptors (Lipinski definition) is 1. The van der Waals surface area contributed by atoms with E-state index in [0.717, 1.165) is 13.2 Å². The van der Waals surface area contributed by atoms with Gasteiger partial charge in [-0.1, -0.05) is 57.5 Å². The van der Waals surface area contributed by atoms with E-state index < -0.39 is 0 Å². The van der Waals surface area contributed by atoms with Crippen LogP contribution >= 0.6 is 0 Å². The van der Waals surface area contributed by atoms with Gasteiger partial charge in [0.2, 0.25) is 0 Å². The minimum atomic E-state index is 0.343. The summed E-state index contributed by atoms with van der Waals surface area (Å²) in [6.45, 7) is 8.05. The van der Waals surface area contributed by atoms with Crippen molar-refractivity contribution in [3.63, 3.8) is 0 Å². The summed E-state index contributed by atoms with van der Waals surface area (Å²) in [6, 6.07) is 10.7. The fourth-order valence-corrected chi connectivity index (χ4v) is 2.07. The lowest BCUT2D eigenvalue weighted by Crippen LogP contribution is -2.46. The highest BCUT2D eigenvalue weighted by Gasteiger charge is 2.38. The van der Waals surface area contributed by atoms with Crippen molar-refractivity contribution in [1.82, 2.24) is 0 Å². The maximum absolute atomic E-state index is 5.35. The Balaban J connectivity index is 0.000000531. The normalized spacial score (nSPS) is 17.3. The zero-order valence-corrected chi connectivity index (χ0v) is 10.1. The van der Waals surface area contributed by atoms with E-state index >= 15 is 0 Å². The first-order valence-corrected chi connectivity index (χ1v) is 6.01. The molecule has 1 aliphatic rings. The molecule has 15 heavy (non-hydrogen) atoms. The molecule has 0 amide bonds. The van der Waals surface area contributed by atoms with Crippen molar-refractivity contribution in [1.29, 1.82) is 0 Å². The Hall–Kier alpha value is -0.820. The highest BCUT2D eigenvalue weighted by atomic mass is 16.5. The topological polar surface area (TPSA) is 9.23 Å². The summed E-state index contributed by atoms with van der Waals surface area (Å²) in [4.78, 5) is 0. The van der Waals surface area contributed by atoms with Crippen LogP contribution in [0.5, 0.6) is 0 Å². The molecular weight excluding hydrogens is 184 g/mol. The highest BCUT2D eigenvalue weighted by molar-refractivity contribution is 5.27. The zero-order chi connectivity index (χ0) is 11.1. The number of benzene rings is 1. The molecule has 84 valence electrons. The Morgan fingerprint density at radius 2 is 1.73 bits per heavy atom. The molecule has 1 nitrogen and oxygen atoms in total. The third-order valence-electron chi connectivity index (χ3n) is 2.87. The molecule has 0 radical (unpaired) electrons. The Kier molecular flexibility index (Phi) is 4.83. The summed E-state index contributed by atoms with van der Waals surface area (Å²) in [7, 11) is 0. The van der Waals surface area contributed by atoms with Crippen LogP contribution in [0, 0.1) is 0 Å². The van der Waals surface area contributed by atoms with Gasteiger partial charge in [-0.25, -0.2) is 0 Å². The molecule has 1 aliphatic heterocycles. The molecule has 1 aromatic carbocycles. The molecule has 0 aliphatic carbocycles. The molecule has 0 aromatic heterocycles. The quantitative estimate of drug-likeness (QED) is 0.731. The molecule has 1 aromatic rings. The van der Waals surface area contributed by atoms with Gasteiger partial charge in [0.25, 0.3) is 0 Å². The van der Waals surface area contributed by atoms with Crippen LogP contribution in [0.2, 0.25) is 0 Å². The first-order chi connectivity index (χ1) is 7.37. The maximum Gasteiger partial charge on any atom is 0.0585 e. The fourth-order valence-electron chi connectivity index (χ4n) is 2.07. The predicted molar refractivity (Wildman–Crippen MR) is 65.2 cm³/mol. The Morgan fingerprint density at radius 3 is 2.13 bits per heavy atom. The average molecular weight is 206 g/mol. The first kappa shape index (κ1) is 12.3. The highest BCUT2D eigenvalue weighted by Crippen LogP contribution is 2.36. The molecule has 2 rings (SSSR count). The predicted octanol–water partition coefficient (Wildman–Crippen LogP) is 3.78. The van der Waals surface area contributed by atoms with E-state index in [2.05, 4.69) is 37.3 Å². The fraction of sp³-hybridized carbons (Fsp3) is 0.571. The molecule has 0 saturated carbocycles. The van der Waals surface area contributed by atoms with Gasteiger partial charge in [-0.2, -0.15) is 0 Å². The SMILES string of the molecule is CC.CCCC1(c2ccccc2)COC1. The molecule has 0 atom stereocenters. The van der Waals surface area contributed by atoms with E-state index in [1.165, 1.54) is 18.4 Å². The van der Waals surface area contributed by atoms with Crippen molar-refractivity contribution >= 4 is 0 Å². The van der Waals surface area contributed by atoms with Crippen molar-refractivity contribution in [2.24, 2.45) is 0 Å². The van der Waals surface area contributed by atoms with Crippen molar-refractivity contribution in [3.05, 3.63) is 35.9 Å². The van der Waals surface area contributed by atoms with Crippen LogP contribution in [-0.4, -0.2) is 13.2 Å². The Morgan fingerprint density at radius 1 is 1.13 bits per heavy atom. The third kappa shape index (κ3) is 2.60. The van der Waals surface area contributed by atoms with Gasteiger partial charge < -0.3 is 4.74 Å². The van der Waals surface area contributed by atoms with Gasteiger partial charge in [0, 0.05) is 5.41 Å². The molecule has 0 unspecified atom stereocenters. The van der Waals surface area contributed by atoms with Gasteiger partial charge in [0.1, 0.15) is 0 Å². The second kappa shape index (κ2) is 5.92. The van der Waals surface area contributed by atoms with Crippen molar-refractivity contribution in [2.45, 2.75) is 39.0 Å². The lowest BCUT2D eigenvalue weighted by atomic mass is 9.75. The second-order valence-corrected chi connectivity index (χ2v) is 3.89. The Bertz CT molecular complexity index is 262. The summed E-state index contributed by atoms with van der Waals surface area (Å²) in [5, 5.41) is 0. The van der Waals surface area contributed by atoms with Crippen LogP contribution in [0.15, 0.2) is 30.3 Å². The lowest BCUT2D eigenvalue weighted by molar-refractivity contribution is -0.0646. The minimum Gasteiger partial charge on any atom is -0.379 e. The zero-order valence-electron chi connectivity index (χ0n) is 10.1. The van der Waals surface area contributed by atoms with Crippen molar-refractivity contribution < 1.29 is 4.74 Å². The van der Waals surface area contributed by atoms with Crippen molar-refractivity contribution in [3.8, 4) is 0 Å². The van der Waals surface area contributed by atoms with E-state index in [1.807, 2.05) is 13.8 Å². The largest absolute Gasteiger partial charge is 0.379 e. The number of ether oxygens (including phenoxy) is 1. The molecule has 1 saturated heterocycles. The van der Waals surface area contributed by atoms with Gasteiger partial charge in [-0.05, 0) is 12.0 Å². The average Bonchev–Trinajstić information content (AvgIpc) is 2.27. The standard InChI is InChI=1S/C12H16O.C2H6/c1-2-8-12(9-13-10-12)11-6-4-3-5-7-11;1-2/h3-7H,2,8-10H2,1H3;1-2H3. The van der Waals surface area contributed by atoms with Gasteiger partial charge >= 0.3 is 0 Å². The minimum absolute atomic E-state index is 0.343. The Labute approximate surface area is 93.5 Å². The van der Waals surface area contributed by atoms with E-state index in [1.54, 1.807) is 0 Å². The number of hydrogen-bond donors (Lipinski definition) is 0. The first-order valence-electron chi connectivity index (χ1n) is 6.01. The van der Waals surface area contributed by atoms with Crippen LogP contribution in [0.4, 0.5) is 0 Å². The molecule has 0 bridgehead atoms. The van der Waals surface area contributed by atoms with Gasteiger partial charge in [-0.3, -0.25) is 0 Å². The monoisotopic (exact) mass is 206 g/mol. The lowest BCUT2D eigenvalue weighted by Gasteiger charge is -2.42. The number of rotatable bonds is 3. The summed E-state index contributed by atoms with van der Waals surface area (Å²) in [5.74, 6) is 0. The second-order valence-electron chi connectivity index (χ2n) is 3.89. The van der Waals surface area contributed by atoms with Crippen LogP contribution < -0.4 is 0 Å². The van der Waals surface area contributed by atoms with Gasteiger partial charge in [-0.15, -0.1) is 0 Å². The molecule has 0 N–H and O–H groups in total. The van der Waals surface area contributed by atoms with E-state index in [-0.39, 0.29) is 0 Å². The molecule has 1 fully saturated rings.